The molecular weight excluding hydrogens is 666 g/mol. The average molecular weight is 717 g/mol. The van der Waals surface area contributed by atoms with Crippen LogP contribution in [0, 0.1) is 17.0 Å². The Kier molecular flexibility index (Phi) is 11.5. The van der Waals surface area contributed by atoms with Crippen LogP contribution in [0.1, 0.15) is 98.2 Å². The van der Waals surface area contributed by atoms with Gasteiger partial charge in [-0.25, -0.2) is 13.6 Å². The molecule has 8 nitrogen and oxygen atoms in total. The minimum atomic E-state index is -1.36. The first-order valence-corrected chi connectivity index (χ1v) is 18.4. The van der Waals surface area contributed by atoms with Crippen molar-refractivity contribution in [1.29, 1.82) is 0 Å². The van der Waals surface area contributed by atoms with Gasteiger partial charge in [-0.05, 0) is 130 Å². The fourth-order valence-corrected chi connectivity index (χ4v) is 8.44. The average Bonchev–Trinajstić information content (AvgIpc) is 3.73. The molecule has 0 unspecified atom stereocenters. The van der Waals surface area contributed by atoms with E-state index in [0.29, 0.717) is 80.7 Å². The number of hydrogen-bond donors (Lipinski definition) is 3. The van der Waals surface area contributed by atoms with Crippen molar-refractivity contribution in [2.24, 2.45) is 5.41 Å². The van der Waals surface area contributed by atoms with Crippen LogP contribution in [-0.2, 0) is 11.2 Å². The molecule has 1 saturated heterocycles. The van der Waals surface area contributed by atoms with Gasteiger partial charge < -0.3 is 29.9 Å². The summed E-state index contributed by atoms with van der Waals surface area (Å²) in [6, 6.07) is 15.5. The molecule has 4 aliphatic rings. The molecule has 3 aromatic carbocycles. The van der Waals surface area contributed by atoms with Gasteiger partial charge in [0.05, 0.1) is 31.5 Å². The van der Waals surface area contributed by atoms with Crippen molar-refractivity contribution in [3.63, 3.8) is 0 Å². The maximum atomic E-state index is 14.4. The number of allylic oxidation sites excluding steroid dienone is 2. The lowest BCUT2D eigenvalue weighted by molar-refractivity contribution is -0.0799. The maximum Gasteiger partial charge on any atom is 0.322 e. The number of anilines is 1. The number of ether oxygens (including phenoxy) is 2. The smallest absolute Gasteiger partial charge is 0.322 e. The number of carbonyl (C=O) groups excluding carboxylic acids is 2. The van der Waals surface area contributed by atoms with Crippen molar-refractivity contribution >= 4 is 17.5 Å². The van der Waals surface area contributed by atoms with Crippen molar-refractivity contribution in [1.82, 2.24) is 4.90 Å². The van der Waals surface area contributed by atoms with E-state index in [9.17, 15) is 28.6 Å². The Labute approximate surface area is 304 Å². The van der Waals surface area contributed by atoms with Crippen LogP contribution in [-0.4, -0.2) is 71.5 Å². The molecule has 1 aliphatic heterocycles. The summed E-state index contributed by atoms with van der Waals surface area (Å²) in [6.07, 6.45) is 6.77. The Hall–Kier alpha value is -4.12. The molecule has 3 aliphatic carbocycles. The van der Waals surface area contributed by atoms with E-state index in [4.69, 9.17) is 9.47 Å². The van der Waals surface area contributed by atoms with E-state index in [1.807, 2.05) is 12.1 Å². The summed E-state index contributed by atoms with van der Waals surface area (Å²) < 4.78 is 39.6. The lowest BCUT2D eigenvalue weighted by atomic mass is 9.64. The molecule has 0 aromatic heterocycles. The highest BCUT2D eigenvalue weighted by molar-refractivity contribution is 6.10. The molecule has 3 aromatic rings. The third-order valence-corrected chi connectivity index (χ3v) is 11.6. The number of methoxy groups -OCH3 is 1. The number of hydrogen-bond acceptors (Lipinski definition) is 6. The summed E-state index contributed by atoms with van der Waals surface area (Å²) in [7, 11) is 1.58. The SMILES string of the molecule is COc1ccc(NC(=O)N(C[C@H]2CCCO2)C[C@]2(O)CC[C@H]3c4ccc(cc4C(=O)c4ccc(F)c(F)c4)C[C@@H](O)CCC(C)=CCC[C@@]32C)cc1. The number of amides is 2. The van der Waals surface area contributed by atoms with Gasteiger partial charge in [0.15, 0.2) is 17.4 Å². The molecule has 5 atom stereocenters. The number of carbonyl (C=O) groups is 2. The lowest BCUT2D eigenvalue weighted by Crippen LogP contribution is -2.55. The third-order valence-electron chi connectivity index (χ3n) is 11.6. The van der Waals surface area contributed by atoms with Crippen LogP contribution in [0.3, 0.4) is 0 Å². The molecule has 2 amide bonds. The van der Waals surface area contributed by atoms with E-state index >= 15 is 0 Å². The largest absolute Gasteiger partial charge is 0.497 e. The second-order valence-corrected chi connectivity index (χ2v) is 15.1. The van der Waals surface area contributed by atoms with E-state index < -0.39 is 34.5 Å². The highest BCUT2D eigenvalue weighted by Crippen LogP contribution is 2.59. The van der Waals surface area contributed by atoms with Gasteiger partial charge in [-0.3, -0.25) is 4.79 Å². The van der Waals surface area contributed by atoms with Crippen molar-refractivity contribution in [3.8, 4) is 5.75 Å². The molecule has 0 spiro atoms. The lowest BCUT2D eigenvalue weighted by Gasteiger charge is -2.46. The molecule has 10 heteroatoms. The van der Waals surface area contributed by atoms with Gasteiger partial charge in [-0.2, -0.15) is 0 Å². The first-order chi connectivity index (χ1) is 24.9. The van der Waals surface area contributed by atoms with Gasteiger partial charge in [0.1, 0.15) is 5.75 Å². The molecular formula is C42H50F2N2O6. The Balaban J connectivity index is 1.39. The monoisotopic (exact) mass is 716 g/mol. The molecule has 52 heavy (non-hydrogen) atoms. The topological polar surface area (TPSA) is 108 Å². The van der Waals surface area contributed by atoms with Gasteiger partial charge in [0.25, 0.3) is 0 Å². The van der Waals surface area contributed by atoms with Crippen LogP contribution in [0.5, 0.6) is 5.75 Å². The highest BCUT2D eigenvalue weighted by atomic mass is 19.2. The summed E-state index contributed by atoms with van der Waals surface area (Å²) in [5, 5.41) is 26.8. The van der Waals surface area contributed by atoms with Gasteiger partial charge in [-0.15, -0.1) is 0 Å². The normalized spacial score (nSPS) is 26.3. The zero-order valence-corrected chi connectivity index (χ0v) is 30.3. The molecule has 3 N–H and O–H groups in total. The molecule has 2 bridgehead atoms. The first-order valence-electron chi connectivity index (χ1n) is 18.4. The van der Waals surface area contributed by atoms with E-state index in [1.54, 1.807) is 42.3 Å². The summed E-state index contributed by atoms with van der Waals surface area (Å²) in [4.78, 5) is 29.9. The fourth-order valence-electron chi connectivity index (χ4n) is 8.44. The quantitative estimate of drug-likeness (QED) is 0.161. The summed E-state index contributed by atoms with van der Waals surface area (Å²) >= 11 is 0. The number of nitrogens with one attached hydrogen (secondary N) is 1. The second kappa shape index (κ2) is 15.9. The van der Waals surface area contributed by atoms with E-state index in [-0.39, 0.29) is 30.2 Å². The number of nitrogens with zero attached hydrogens (tertiary/aromatic N) is 1. The van der Waals surface area contributed by atoms with Gasteiger partial charge in [0.2, 0.25) is 0 Å². The van der Waals surface area contributed by atoms with Crippen LogP contribution in [0.25, 0.3) is 0 Å². The number of urea groups is 1. The Morgan fingerprint density at radius 3 is 2.52 bits per heavy atom. The summed E-state index contributed by atoms with van der Waals surface area (Å²) in [5.41, 5.74) is 1.40. The predicted molar refractivity (Wildman–Crippen MR) is 196 cm³/mol. The van der Waals surface area contributed by atoms with Crippen molar-refractivity contribution in [2.75, 3.05) is 32.1 Å². The molecule has 1 saturated carbocycles. The zero-order chi connectivity index (χ0) is 37.0. The van der Waals surface area contributed by atoms with Crippen molar-refractivity contribution in [3.05, 3.63) is 106 Å². The van der Waals surface area contributed by atoms with Crippen LogP contribution >= 0.6 is 0 Å². The number of aliphatic hydroxyl groups excluding tert-OH is 1. The second-order valence-electron chi connectivity index (χ2n) is 15.1. The summed E-state index contributed by atoms with van der Waals surface area (Å²) in [5.74, 6) is -2.25. The number of benzene rings is 3. The van der Waals surface area contributed by atoms with Gasteiger partial charge in [-0.1, -0.05) is 30.7 Å². The van der Waals surface area contributed by atoms with Crippen LogP contribution < -0.4 is 10.1 Å². The van der Waals surface area contributed by atoms with Gasteiger partial charge >= 0.3 is 6.03 Å². The van der Waals surface area contributed by atoms with Crippen LogP contribution in [0.2, 0.25) is 0 Å². The maximum absolute atomic E-state index is 14.4. The number of halogens is 2. The molecule has 2 fully saturated rings. The fraction of sp³-hybridized carbons (Fsp3) is 0.476. The highest BCUT2D eigenvalue weighted by Gasteiger charge is 2.58. The van der Waals surface area contributed by atoms with Gasteiger partial charge in [0, 0.05) is 35.4 Å². The minimum absolute atomic E-state index is 0.0189. The van der Waals surface area contributed by atoms with Crippen LogP contribution in [0.4, 0.5) is 19.3 Å². The number of aliphatic hydroxyl groups is 2. The first kappa shape index (κ1) is 37.6. The number of rotatable bonds is 8. The molecule has 0 radical (unpaired) electrons. The van der Waals surface area contributed by atoms with E-state index in [2.05, 4.69) is 25.2 Å². The molecule has 1 heterocycles. The predicted octanol–water partition coefficient (Wildman–Crippen LogP) is 7.96. The van der Waals surface area contributed by atoms with E-state index in [1.165, 1.54) is 6.07 Å². The zero-order valence-electron chi connectivity index (χ0n) is 30.3. The minimum Gasteiger partial charge on any atom is -0.497 e. The van der Waals surface area contributed by atoms with Crippen LogP contribution in [0.15, 0.2) is 72.3 Å². The van der Waals surface area contributed by atoms with Crippen molar-refractivity contribution < 1.29 is 38.1 Å². The Morgan fingerprint density at radius 2 is 1.81 bits per heavy atom. The number of ketones is 1. The summed E-state index contributed by atoms with van der Waals surface area (Å²) in [6.45, 7) is 5.08. The third kappa shape index (κ3) is 8.09. The standard InChI is InChI=1S/C42H50F2N2O6/c1-27-6-4-19-41(2)36(34-16-9-28(22-31(47)13-8-27)23-35(34)39(48)29-10-17-37(43)38(44)24-29)18-20-42(41,50)26-46(25-33-7-5-21-52-33)40(49)45-30-11-14-32(51-3)15-12-30/h6,9-12,14-17,23-24,31,33,36,47,50H,4-5,7-8,13,18-22,25-26H2,1-3H3,(H,45,49)/t31-,33+,36-,41-,42+/m0/s1. The molecule has 7 rings (SSSR count). The Morgan fingerprint density at radius 1 is 1.02 bits per heavy atom. The Bertz CT molecular complexity index is 1790. The molecule has 278 valence electrons. The van der Waals surface area contributed by atoms with Crippen molar-refractivity contribution in [2.45, 2.75) is 95.4 Å². The van der Waals surface area contributed by atoms with E-state index in [0.717, 1.165) is 36.1 Å². The number of fused-ring (bicyclic) bond motifs is 8.